The second-order valence-corrected chi connectivity index (χ2v) is 8.55. The molecule has 1 aromatic rings. The van der Waals surface area contributed by atoms with Gasteiger partial charge >= 0.3 is 6.09 Å². The molecule has 0 radical (unpaired) electrons. The van der Waals surface area contributed by atoms with Gasteiger partial charge in [-0.15, -0.1) is 0 Å². The molecule has 1 aromatic carbocycles. The van der Waals surface area contributed by atoms with Crippen LogP contribution in [-0.4, -0.2) is 34.5 Å². The van der Waals surface area contributed by atoms with Crippen LogP contribution in [0.5, 0.6) is 0 Å². The van der Waals surface area contributed by atoms with Crippen LogP contribution in [0.3, 0.4) is 0 Å². The van der Waals surface area contributed by atoms with Crippen LogP contribution in [0.1, 0.15) is 39.7 Å². The van der Waals surface area contributed by atoms with Gasteiger partial charge in [-0.25, -0.2) is 4.79 Å². The fourth-order valence-electron chi connectivity index (χ4n) is 2.62. The molecule has 1 aliphatic heterocycles. The molecule has 2 rings (SSSR count). The summed E-state index contributed by atoms with van der Waals surface area (Å²) in [7, 11) is 0. The van der Waals surface area contributed by atoms with Crippen LogP contribution in [0.4, 0.5) is 16.2 Å². The highest BCUT2D eigenvalue weighted by Crippen LogP contribution is 2.32. The van der Waals surface area contributed by atoms with Crippen LogP contribution >= 0.6 is 11.8 Å². The number of nitrogens with one attached hydrogen (secondary N) is 1. The number of benzene rings is 1. The second kappa shape index (κ2) is 7.47. The summed E-state index contributed by atoms with van der Waals surface area (Å²) in [5, 5.41) is 2.66. The van der Waals surface area contributed by atoms with Gasteiger partial charge in [-0.2, -0.15) is 0 Å². The molecule has 6 nitrogen and oxygen atoms in total. The molecule has 0 aliphatic carbocycles. The summed E-state index contributed by atoms with van der Waals surface area (Å²) in [5.74, 6) is -0.0173. The second-order valence-electron chi connectivity index (χ2n) is 7.07. The van der Waals surface area contributed by atoms with Gasteiger partial charge in [-0.3, -0.25) is 14.9 Å². The molecule has 1 unspecified atom stereocenters. The zero-order valence-corrected chi connectivity index (χ0v) is 16.0. The third-order valence-corrected chi connectivity index (χ3v) is 4.55. The first-order valence-corrected chi connectivity index (χ1v) is 9.01. The fraction of sp³-hybridized carbons (Fsp3) is 0.500. The summed E-state index contributed by atoms with van der Waals surface area (Å²) in [6.07, 6.45) is -0.201. The topological polar surface area (TPSA) is 75.7 Å². The first-order valence-electron chi connectivity index (χ1n) is 8.13. The maximum atomic E-state index is 12.3. The van der Waals surface area contributed by atoms with E-state index in [1.165, 1.54) is 18.7 Å². The van der Waals surface area contributed by atoms with Crippen molar-refractivity contribution < 1.29 is 19.1 Å². The Morgan fingerprint density at radius 2 is 2.00 bits per heavy atom. The molecule has 0 saturated carbocycles. The molecule has 25 heavy (non-hydrogen) atoms. The normalized spacial score (nSPS) is 17.6. The number of thioether (sulfide) groups is 1. The van der Waals surface area contributed by atoms with Crippen molar-refractivity contribution in [2.45, 2.75) is 51.9 Å². The minimum atomic E-state index is -0.584. The van der Waals surface area contributed by atoms with Crippen molar-refractivity contribution in [3.05, 3.63) is 23.8 Å². The van der Waals surface area contributed by atoms with Crippen LogP contribution in [0, 0.1) is 6.92 Å². The smallest absolute Gasteiger partial charge is 0.412 e. The lowest BCUT2D eigenvalue weighted by molar-refractivity contribution is -0.117. The minimum absolute atomic E-state index is 0.0108. The van der Waals surface area contributed by atoms with Gasteiger partial charge in [-0.05, 0) is 45.4 Å². The van der Waals surface area contributed by atoms with Crippen molar-refractivity contribution in [3.63, 3.8) is 0 Å². The molecule has 136 valence electrons. The number of anilines is 2. The molecule has 1 atom stereocenters. The standard InChI is InChI=1S/C18H24N2O4S/c1-11-6-7-13(19-17(23)24-18(3,4)5)8-15(11)20-10-14(9-16(20)22)25-12(2)21/h6-8,14H,9-10H2,1-5H3,(H,19,23). The Morgan fingerprint density at radius 3 is 2.60 bits per heavy atom. The van der Waals surface area contributed by atoms with E-state index in [4.69, 9.17) is 4.74 Å². The summed E-state index contributed by atoms with van der Waals surface area (Å²) in [6.45, 7) is 9.29. The van der Waals surface area contributed by atoms with Gasteiger partial charge in [-0.1, -0.05) is 17.8 Å². The van der Waals surface area contributed by atoms with E-state index >= 15 is 0 Å². The fourth-order valence-corrected chi connectivity index (χ4v) is 3.54. The predicted molar refractivity (Wildman–Crippen MR) is 100 cm³/mol. The van der Waals surface area contributed by atoms with E-state index < -0.39 is 11.7 Å². The van der Waals surface area contributed by atoms with E-state index in [1.807, 2.05) is 13.0 Å². The van der Waals surface area contributed by atoms with Crippen molar-refractivity contribution in [3.8, 4) is 0 Å². The Hall–Kier alpha value is -2.02. The lowest BCUT2D eigenvalue weighted by Crippen LogP contribution is -2.28. The highest BCUT2D eigenvalue weighted by molar-refractivity contribution is 8.14. The number of hydrogen-bond donors (Lipinski definition) is 1. The zero-order chi connectivity index (χ0) is 18.8. The average Bonchev–Trinajstić information content (AvgIpc) is 2.78. The Kier molecular flexibility index (Phi) is 5.77. The number of carbonyl (C=O) groups is 3. The maximum absolute atomic E-state index is 12.3. The molecule has 1 saturated heterocycles. The third kappa shape index (κ3) is 5.49. The number of amides is 2. The van der Waals surface area contributed by atoms with Crippen molar-refractivity contribution in [1.82, 2.24) is 0 Å². The van der Waals surface area contributed by atoms with E-state index in [1.54, 1.807) is 37.8 Å². The highest BCUT2D eigenvalue weighted by atomic mass is 32.2. The maximum Gasteiger partial charge on any atom is 0.412 e. The molecule has 1 aliphatic rings. The number of rotatable bonds is 3. The third-order valence-electron chi connectivity index (χ3n) is 3.57. The first kappa shape index (κ1) is 19.3. The number of carbonyl (C=O) groups excluding carboxylic acids is 3. The summed E-state index contributed by atoms with van der Waals surface area (Å²) >= 11 is 1.20. The number of ether oxygens (including phenoxy) is 1. The Labute approximate surface area is 152 Å². The van der Waals surface area contributed by atoms with Crippen LogP contribution < -0.4 is 10.2 Å². The van der Waals surface area contributed by atoms with E-state index in [-0.39, 0.29) is 16.3 Å². The average molecular weight is 364 g/mol. The lowest BCUT2D eigenvalue weighted by atomic mass is 10.1. The molecule has 0 bridgehead atoms. The molecule has 2 amide bonds. The van der Waals surface area contributed by atoms with Crippen LogP contribution in [0.25, 0.3) is 0 Å². The molecular weight excluding hydrogens is 340 g/mol. The number of nitrogens with zero attached hydrogens (tertiary/aromatic N) is 1. The van der Waals surface area contributed by atoms with Crippen LogP contribution in [0.2, 0.25) is 0 Å². The Morgan fingerprint density at radius 1 is 1.32 bits per heavy atom. The van der Waals surface area contributed by atoms with Gasteiger partial charge in [0.1, 0.15) is 5.60 Å². The van der Waals surface area contributed by atoms with Gasteiger partial charge in [0, 0.05) is 36.5 Å². The summed E-state index contributed by atoms with van der Waals surface area (Å²) in [4.78, 5) is 37.2. The van der Waals surface area contributed by atoms with Crippen molar-refractivity contribution in [2.75, 3.05) is 16.8 Å². The summed E-state index contributed by atoms with van der Waals surface area (Å²) in [5.41, 5.74) is 1.65. The molecule has 7 heteroatoms. The van der Waals surface area contributed by atoms with E-state index in [0.29, 0.717) is 18.7 Å². The van der Waals surface area contributed by atoms with E-state index in [9.17, 15) is 14.4 Å². The van der Waals surface area contributed by atoms with Crippen LogP contribution in [-0.2, 0) is 14.3 Å². The zero-order valence-electron chi connectivity index (χ0n) is 15.2. The van der Waals surface area contributed by atoms with Gasteiger partial charge in [0.15, 0.2) is 5.12 Å². The predicted octanol–water partition coefficient (Wildman–Crippen LogP) is 3.73. The van der Waals surface area contributed by atoms with Gasteiger partial charge < -0.3 is 9.64 Å². The molecule has 0 spiro atoms. The van der Waals surface area contributed by atoms with Crippen molar-refractivity contribution >= 4 is 40.3 Å². The van der Waals surface area contributed by atoms with Gasteiger partial charge in [0.25, 0.3) is 0 Å². The molecule has 1 N–H and O–H groups in total. The summed E-state index contributed by atoms with van der Waals surface area (Å²) < 4.78 is 5.25. The van der Waals surface area contributed by atoms with Gasteiger partial charge in [0.05, 0.1) is 0 Å². The molecule has 1 fully saturated rings. The Balaban J connectivity index is 2.15. The monoisotopic (exact) mass is 364 g/mol. The molecule has 0 aromatic heterocycles. The largest absolute Gasteiger partial charge is 0.444 e. The summed E-state index contributed by atoms with van der Waals surface area (Å²) in [6, 6.07) is 5.38. The molecule has 1 heterocycles. The van der Waals surface area contributed by atoms with Crippen LogP contribution in [0.15, 0.2) is 18.2 Å². The Bertz CT molecular complexity index is 697. The van der Waals surface area contributed by atoms with E-state index in [0.717, 1.165) is 11.3 Å². The molecular formula is C18H24N2O4S. The minimum Gasteiger partial charge on any atom is -0.444 e. The highest BCUT2D eigenvalue weighted by Gasteiger charge is 2.32. The first-order chi connectivity index (χ1) is 11.5. The van der Waals surface area contributed by atoms with Crippen molar-refractivity contribution in [2.24, 2.45) is 0 Å². The number of aryl methyl sites for hydroxylation is 1. The quantitative estimate of drug-likeness (QED) is 0.884. The number of hydrogen-bond acceptors (Lipinski definition) is 5. The SMILES string of the molecule is CC(=O)SC1CC(=O)N(c2cc(NC(=O)OC(C)(C)C)ccc2C)C1. The van der Waals surface area contributed by atoms with Crippen molar-refractivity contribution in [1.29, 1.82) is 0 Å². The lowest BCUT2D eigenvalue weighted by Gasteiger charge is -2.22. The van der Waals surface area contributed by atoms with E-state index in [2.05, 4.69) is 5.32 Å². The van der Waals surface area contributed by atoms with Gasteiger partial charge in [0.2, 0.25) is 5.91 Å².